The van der Waals surface area contributed by atoms with E-state index in [0.717, 1.165) is 25.9 Å². The average molecular weight is 380 g/mol. The first-order valence-corrected chi connectivity index (χ1v) is 8.82. The number of nitrogens with two attached hydrogens (primary N) is 1. The molecule has 1 saturated heterocycles. The number of rotatable bonds is 4. The standard InChI is InChI=1S/C18H19Cl2N3O2/c19-11-1-4-17(25-13-5-7-22-8-6-13)14(9-11)18(24)23-16-3-2-12(21)10-15(16)20/h1-4,9-10,13,22H,5-8,21H2,(H,23,24). The number of halogens is 2. The lowest BCUT2D eigenvalue weighted by molar-refractivity contribution is 0.101. The van der Waals surface area contributed by atoms with Crippen LogP contribution in [0.4, 0.5) is 11.4 Å². The highest BCUT2D eigenvalue weighted by atomic mass is 35.5. The molecule has 3 rings (SSSR count). The van der Waals surface area contributed by atoms with E-state index >= 15 is 0 Å². The number of nitrogen functional groups attached to an aromatic ring is 1. The molecule has 0 aromatic heterocycles. The van der Waals surface area contributed by atoms with Gasteiger partial charge in [0.1, 0.15) is 11.9 Å². The zero-order chi connectivity index (χ0) is 17.8. The van der Waals surface area contributed by atoms with E-state index < -0.39 is 0 Å². The molecule has 0 aliphatic carbocycles. The lowest BCUT2D eigenvalue weighted by Crippen LogP contribution is -2.34. The maximum Gasteiger partial charge on any atom is 0.259 e. The molecule has 4 N–H and O–H groups in total. The summed E-state index contributed by atoms with van der Waals surface area (Å²) in [7, 11) is 0. The van der Waals surface area contributed by atoms with Crippen molar-refractivity contribution in [2.75, 3.05) is 24.1 Å². The fourth-order valence-electron chi connectivity index (χ4n) is 2.70. The summed E-state index contributed by atoms with van der Waals surface area (Å²) < 4.78 is 6.04. The summed E-state index contributed by atoms with van der Waals surface area (Å²) in [6, 6.07) is 9.95. The molecule has 1 heterocycles. The van der Waals surface area contributed by atoms with E-state index in [1.165, 1.54) is 0 Å². The monoisotopic (exact) mass is 379 g/mol. The van der Waals surface area contributed by atoms with Crippen LogP contribution < -0.4 is 21.1 Å². The van der Waals surface area contributed by atoms with Gasteiger partial charge in [0, 0.05) is 10.7 Å². The van der Waals surface area contributed by atoms with Gasteiger partial charge in [0.05, 0.1) is 16.3 Å². The van der Waals surface area contributed by atoms with Crippen LogP contribution in [0.2, 0.25) is 10.0 Å². The summed E-state index contributed by atoms with van der Waals surface area (Å²) in [6.07, 6.45) is 1.87. The average Bonchev–Trinajstić information content (AvgIpc) is 2.60. The third kappa shape index (κ3) is 4.57. The van der Waals surface area contributed by atoms with Gasteiger partial charge < -0.3 is 21.1 Å². The van der Waals surface area contributed by atoms with Crippen molar-refractivity contribution < 1.29 is 9.53 Å². The van der Waals surface area contributed by atoms with E-state index in [0.29, 0.717) is 32.7 Å². The highest BCUT2D eigenvalue weighted by molar-refractivity contribution is 6.34. The molecule has 0 unspecified atom stereocenters. The van der Waals surface area contributed by atoms with Crippen molar-refractivity contribution in [1.29, 1.82) is 0 Å². The Labute approximate surface area is 156 Å². The van der Waals surface area contributed by atoms with Crippen LogP contribution >= 0.6 is 23.2 Å². The number of hydrogen-bond donors (Lipinski definition) is 3. The van der Waals surface area contributed by atoms with Crippen molar-refractivity contribution in [3.63, 3.8) is 0 Å². The Hall–Kier alpha value is -1.95. The molecule has 1 fully saturated rings. The Morgan fingerprint density at radius 3 is 2.64 bits per heavy atom. The zero-order valence-corrected chi connectivity index (χ0v) is 15.0. The van der Waals surface area contributed by atoms with Crippen LogP contribution in [-0.2, 0) is 0 Å². The Bertz CT molecular complexity index is 777. The fraction of sp³-hybridized carbons (Fsp3) is 0.278. The zero-order valence-electron chi connectivity index (χ0n) is 13.5. The molecule has 0 radical (unpaired) electrons. The van der Waals surface area contributed by atoms with Crippen molar-refractivity contribution in [1.82, 2.24) is 5.32 Å². The van der Waals surface area contributed by atoms with E-state index in [4.69, 9.17) is 33.7 Å². The van der Waals surface area contributed by atoms with Crippen LogP contribution in [0.5, 0.6) is 5.75 Å². The third-order valence-electron chi connectivity index (χ3n) is 4.01. The van der Waals surface area contributed by atoms with Gasteiger partial charge >= 0.3 is 0 Å². The van der Waals surface area contributed by atoms with Crippen LogP contribution in [0.3, 0.4) is 0 Å². The molecule has 1 aliphatic heterocycles. The SMILES string of the molecule is Nc1ccc(NC(=O)c2cc(Cl)ccc2OC2CCNCC2)c(Cl)c1. The van der Waals surface area contributed by atoms with E-state index in [-0.39, 0.29) is 12.0 Å². The number of benzene rings is 2. The Kier molecular flexibility index (Phi) is 5.68. The van der Waals surface area contributed by atoms with E-state index in [1.54, 1.807) is 36.4 Å². The summed E-state index contributed by atoms with van der Waals surface area (Å²) in [6.45, 7) is 1.81. The lowest BCUT2D eigenvalue weighted by atomic mass is 10.1. The lowest BCUT2D eigenvalue weighted by Gasteiger charge is -2.25. The minimum atomic E-state index is -0.335. The number of piperidine rings is 1. The van der Waals surface area contributed by atoms with E-state index in [9.17, 15) is 4.79 Å². The minimum absolute atomic E-state index is 0.0779. The van der Waals surface area contributed by atoms with E-state index in [1.807, 2.05) is 0 Å². The molecule has 0 saturated carbocycles. The summed E-state index contributed by atoms with van der Waals surface area (Å²) in [5, 5.41) is 6.90. The highest BCUT2D eigenvalue weighted by Crippen LogP contribution is 2.29. The van der Waals surface area contributed by atoms with Gasteiger partial charge in [0.15, 0.2) is 0 Å². The van der Waals surface area contributed by atoms with Gasteiger partial charge in [-0.05, 0) is 62.3 Å². The second kappa shape index (κ2) is 7.95. The largest absolute Gasteiger partial charge is 0.489 e. The van der Waals surface area contributed by atoms with Gasteiger partial charge in [-0.1, -0.05) is 23.2 Å². The van der Waals surface area contributed by atoms with Crippen molar-refractivity contribution in [3.8, 4) is 5.75 Å². The van der Waals surface area contributed by atoms with Gasteiger partial charge in [-0.2, -0.15) is 0 Å². The molecule has 7 heteroatoms. The topological polar surface area (TPSA) is 76.4 Å². The quantitative estimate of drug-likeness (QED) is 0.702. The molecule has 1 aliphatic rings. The third-order valence-corrected chi connectivity index (χ3v) is 4.56. The summed E-state index contributed by atoms with van der Waals surface area (Å²) >= 11 is 12.2. The van der Waals surface area contributed by atoms with Crippen molar-refractivity contribution in [3.05, 3.63) is 52.0 Å². The van der Waals surface area contributed by atoms with Gasteiger partial charge in [0.2, 0.25) is 0 Å². The van der Waals surface area contributed by atoms with Crippen molar-refractivity contribution in [2.45, 2.75) is 18.9 Å². The maximum absolute atomic E-state index is 12.7. The van der Waals surface area contributed by atoms with Gasteiger partial charge in [0.25, 0.3) is 5.91 Å². The van der Waals surface area contributed by atoms with E-state index in [2.05, 4.69) is 10.6 Å². The van der Waals surface area contributed by atoms with Crippen molar-refractivity contribution in [2.24, 2.45) is 0 Å². The number of amides is 1. The number of hydrogen-bond acceptors (Lipinski definition) is 4. The first kappa shape index (κ1) is 17.9. The van der Waals surface area contributed by atoms with Crippen LogP contribution in [0.15, 0.2) is 36.4 Å². The maximum atomic E-state index is 12.7. The smallest absolute Gasteiger partial charge is 0.259 e. The molecule has 0 atom stereocenters. The van der Waals surface area contributed by atoms with Crippen molar-refractivity contribution >= 4 is 40.5 Å². The normalized spacial score (nSPS) is 15.0. The first-order valence-electron chi connectivity index (χ1n) is 8.06. The second-order valence-corrected chi connectivity index (χ2v) is 6.74. The molecule has 25 heavy (non-hydrogen) atoms. The number of nitrogens with one attached hydrogen (secondary N) is 2. The molecule has 2 aromatic carbocycles. The molecule has 2 aromatic rings. The fourth-order valence-corrected chi connectivity index (χ4v) is 3.11. The van der Waals surface area contributed by atoms with Crippen LogP contribution in [0.25, 0.3) is 0 Å². The number of carbonyl (C=O) groups excluding carboxylic acids is 1. The van der Waals surface area contributed by atoms with Gasteiger partial charge in [-0.25, -0.2) is 0 Å². The van der Waals surface area contributed by atoms with Gasteiger partial charge in [-0.15, -0.1) is 0 Å². The summed E-state index contributed by atoms with van der Waals surface area (Å²) in [5.41, 5.74) is 7.06. The minimum Gasteiger partial charge on any atom is -0.489 e. The number of carbonyl (C=O) groups is 1. The molecular weight excluding hydrogens is 361 g/mol. The first-order chi connectivity index (χ1) is 12.0. The summed E-state index contributed by atoms with van der Waals surface area (Å²) in [4.78, 5) is 12.7. The number of anilines is 2. The Morgan fingerprint density at radius 1 is 1.16 bits per heavy atom. The number of ether oxygens (including phenoxy) is 1. The van der Waals surface area contributed by atoms with Gasteiger partial charge in [-0.3, -0.25) is 4.79 Å². The van der Waals surface area contributed by atoms with Crippen LogP contribution in [0.1, 0.15) is 23.2 Å². The molecule has 0 bridgehead atoms. The predicted molar refractivity (Wildman–Crippen MR) is 102 cm³/mol. The van der Waals surface area contributed by atoms with Crippen LogP contribution in [0, 0.1) is 0 Å². The molecular formula is C18H19Cl2N3O2. The van der Waals surface area contributed by atoms with Crippen LogP contribution in [-0.4, -0.2) is 25.1 Å². The Balaban J connectivity index is 1.81. The highest BCUT2D eigenvalue weighted by Gasteiger charge is 2.20. The molecule has 132 valence electrons. The molecule has 1 amide bonds. The Morgan fingerprint density at radius 2 is 1.92 bits per heavy atom. The second-order valence-electron chi connectivity index (χ2n) is 5.90. The molecule has 0 spiro atoms. The predicted octanol–water partition coefficient (Wildman–Crippen LogP) is 3.96. The summed E-state index contributed by atoms with van der Waals surface area (Å²) in [5.74, 6) is 0.179. The molecule has 5 nitrogen and oxygen atoms in total.